The highest BCUT2D eigenvalue weighted by atomic mass is 32.1. The summed E-state index contributed by atoms with van der Waals surface area (Å²) in [6, 6.07) is 3.92. The van der Waals surface area contributed by atoms with Crippen molar-refractivity contribution in [1.82, 2.24) is 19.5 Å². The van der Waals surface area contributed by atoms with Gasteiger partial charge in [0, 0.05) is 52.5 Å². The van der Waals surface area contributed by atoms with Crippen molar-refractivity contribution in [2.45, 2.75) is 19.3 Å². The minimum atomic E-state index is 0.0319. The fourth-order valence-electron chi connectivity index (χ4n) is 4.16. The Morgan fingerprint density at radius 3 is 2.45 bits per heavy atom. The van der Waals surface area contributed by atoms with Crippen molar-refractivity contribution >= 4 is 39.3 Å². The summed E-state index contributed by atoms with van der Waals surface area (Å²) >= 11 is 1.45. The van der Waals surface area contributed by atoms with Crippen LogP contribution in [-0.2, 0) is 7.05 Å². The van der Waals surface area contributed by atoms with Crippen LogP contribution in [0.3, 0.4) is 0 Å². The fourth-order valence-corrected chi connectivity index (χ4v) is 4.96. The molecule has 29 heavy (non-hydrogen) atoms. The molecular weight excluding hydrogens is 386 g/mol. The highest BCUT2D eigenvalue weighted by Gasteiger charge is 2.23. The summed E-state index contributed by atoms with van der Waals surface area (Å²) in [5.41, 5.74) is 0.821. The van der Waals surface area contributed by atoms with Gasteiger partial charge < -0.3 is 14.7 Å². The number of hydrogen-bond acceptors (Lipinski definition) is 8. The first-order chi connectivity index (χ1) is 14.2. The third-order valence-electron chi connectivity index (χ3n) is 5.82. The lowest BCUT2D eigenvalue weighted by molar-refractivity contribution is 0.566. The highest BCUT2D eigenvalue weighted by molar-refractivity contribution is 7.17. The van der Waals surface area contributed by atoms with Gasteiger partial charge in [0.25, 0.3) is 5.56 Å². The third-order valence-corrected chi connectivity index (χ3v) is 6.71. The molecule has 0 unspecified atom stereocenters. The van der Waals surface area contributed by atoms with Gasteiger partial charge in [0.1, 0.15) is 10.5 Å². The number of piperidine rings is 1. The molecule has 0 saturated carbocycles. The standard InChI is InChI=1S/C20H25N7OS/c1-24-18(28)17-15(6-14-29-17)22-20(24)27-12-10-25(11-13-27)16-5-7-21-19(23-16)26-8-3-2-4-9-26/h5-7,14H,2-4,8-13H2,1H3. The van der Waals surface area contributed by atoms with Gasteiger partial charge in [-0.25, -0.2) is 9.97 Å². The quantitative estimate of drug-likeness (QED) is 0.654. The highest BCUT2D eigenvalue weighted by Crippen LogP contribution is 2.22. The lowest BCUT2D eigenvalue weighted by Crippen LogP contribution is -2.48. The smallest absolute Gasteiger partial charge is 0.272 e. The maximum absolute atomic E-state index is 12.6. The number of anilines is 3. The zero-order valence-electron chi connectivity index (χ0n) is 16.6. The van der Waals surface area contributed by atoms with Gasteiger partial charge in [0.2, 0.25) is 11.9 Å². The minimum Gasteiger partial charge on any atom is -0.353 e. The topological polar surface area (TPSA) is 70.4 Å². The lowest BCUT2D eigenvalue weighted by atomic mass is 10.1. The minimum absolute atomic E-state index is 0.0319. The van der Waals surface area contributed by atoms with E-state index in [1.54, 1.807) is 4.57 Å². The van der Waals surface area contributed by atoms with Gasteiger partial charge in [0.15, 0.2) is 0 Å². The molecule has 152 valence electrons. The van der Waals surface area contributed by atoms with Crippen LogP contribution in [0.2, 0.25) is 0 Å². The molecule has 2 aliphatic heterocycles. The van der Waals surface area contributed by atoms with Crippen LogP contribution in [0.4, 0.5) is 17.7 Å². The van der Waals surface area contributed by atoms with E-state index in [4.69, 9.17) is 9.97 Å². The number of fused-ring (bicyclic) bond motifs is 1. The maximum atomic E-state index is 12.6. The van der Waals surface area contributed by atoms with Crippen molar-refractivity contribution in [3.8, 4) is 0 Å². The molecule has 0 amide bonds. The first-order valence-electron chi connectivity index (χ1n) is 10.2. The second-order valence-electron chi connectivity index (χ2n) is 7.65. The van der Waals surface area contributed by atoms with Crippen LogP contribution >= 0.6 is 11.3 Å². The van der Waals surface area contributed by atoms with Crippen LogP contribution in [0.5, 0.6) is 0 Å². The Morgan fingerprint density at radius 2 is 1.66 bits per heavy atom. The number of piperazine rings is 1. The van der Waals surface area contributed by atoms with Gasteiger partial charge >= 0.3 is 0 Å². The monoisotopic (exact) mass is 411 g/mol. The van der Waals surface area contributed by atoms with Crippen LogP contribution in [0.15, 0.2) is 28.5 Å². The molecule has 3 aromatic heterocycles. The molecule has 3 aromatic rings. The molecule has 0 atom stereocenters. The van der Waals surface area contributed by atoms with E-state index in [0.717, 1.165) is 67.2 Å². The molecule has 0 spiro atoms. The van der Waals surface area contributed by atoms with Crippen molar-refractivity contribution in [3.63, 3.8) is 0 Å². The first kappa shape index (κ1) is 18.4. The second-order valence-corrected chi connectivity index (χ2v) is 8.56. The Kier molecular flexibility index (Phi) is 4.83. The predicted molar refractivity (Wildman–Crippen MR) is 117 cm³/mol. The van der Waals surface area contributed by atoms with Crippen LogP contribution < -0.4 is 20.3 Å². The molecule has 2 fully saturated rings. The first-order valence-corrected chi connectivity index (χ1v) is 11.1. The molecule has 0 aromatic carbocycles. The molecule has 2 saturated heterocycles. The zero-order chi connectivity index (χ0) is 19.8. The van der Waals surface area contributed by atoms with E-state index in [-0.39, 0.29) is 5.56 Å². The average Bonchev–Trinajstić information content (AvgIpc) is 3.26. The molecule has 2 aliphatic rings. The summed E-state index contributed by atoms with van der Waals surface area (Å²) in [6.07, 6.45) is 5.60. The van der Waals surface area contributed by atoms with Crippen LogP contribution in [0.1, 0.15) is 19.3 Å². The second kappa shape index (κ2) is 7.62. The summed E-state index contributed by atoms with van der Waals surface area (Å²) in [5.74, 6) is 2.57. The largest absolute Gasteiger partial charge is 0.353 e. The number of aromatic nitrogens is 4. The Labute approximate surface area is 173 Å². The molecule has 5 heterocycles. The van der Waals surface area contributed by atoms with Gasteiger partial charge in [-0.3, -0.25) is 9.36 Å². The SMILES string of the molecule is Cn1c(N2CCN(c3ccnc(N4CCCCC4)n3)CC2)nc2ccsc2c1=O. The number of thiophene rings is 1. The van der Waals surface area contributed by atoms with Crippen molar-refractivity contribution in [2.75, 3.05) is 54.0 Å². The van der Waals surface area contributed by atoms with Crippen molar-refractivity contribution in [3.05, 3.63) is 34.1 Å². The Balaban J connectivity index is 1.32. The van der Waals surface area contributed by atoms with Gasteiger partial charge in [-0.1, -0.05) is 0 Å². The summed E-state index contributed by atoms with van der Waals surface area (Å²) in [6.45, 7) is 5.38. The molecule has 0 N–H and O–H groups in total. The molecule has 0 bridgehead atoms. The summed E-state index contributed by atoms with van der Waals surface area (Å²) in [7, 11) is 1.81. The fraction of sp³-hybridized carbons (Fsp3) is 0.500. The molecule has 9 heteroatoms. The van der Waals surface area contributed by atoms with Crippen molar-refractivity contribution in [2.24, 2.45) is 7.05 Å². The molecule has 8 nitrogen and oxygen atoms in total. The van der Waals surface area contributed by atoms with Crippen LogP contribution in [-0.4, -0.2) is 58.8 Å². The van der Waals surface area contributed by atoms with Gasteiger partial charge in [0.05, 0.1) is 5.52 Å². The van der Waals surface area contributed by atoms with E-state index in [1.807, 2.05) is 30.8 Å². The summed E-state index contributed by atoms with van der Waals surface area (Å²) in [5, 5.41) is 1.93. The Bertz CT molecular complexity index is 1060. The number of nitrogens with zero attached hydrogens (tertiary/aromatic N) is 7. The van der Waals surface area contributed by atoms with E-state index >= 15 is 0 Å². The molecule has 0 radical (unpaired) electrons. The van der Waals surface area contributed by atoms with Crippen molar-refractivity contribution in [1.29, 1.82) is 0 Å². The number of hydrogen-bond donors (Lipinski definition) is 0. The van der Waals surface area contributed by atoms with E-state index in [2.05, 4.69) is 19.7 Å². The molecule has 5 rings (SSSR count). The van der Waals surface area contributed by atoms with Gasteiger partial charge in [-0.15, -0.1) is 11.3 Å². The van der Waals surface area contributed by atoms with Crippen molar-refractivity contribution < 1.29 is 0 Å². The van der Waals surface area contributed by atoms with Gasteiger partial charge in [-0.05, 0) is 36.8 Å². The molecular formula is C20H25N7OS. The average molecular weight is 412 g/mol. The van der Waals surface area contributed by atoms with Crippen LogP contribution in [0, 0.1) is 0 Å². The van der Waals surface area contributed by atoms with E-state index in [9.17, 15) is 4.79 Å². The van der Waals surface area contributed by atoms with Gasteiger partial charge in [-0.2, -0.15) is 4.98 Å². The summed E-state index contributed by atoms with van der Waals surface area (Å²) < 4.78 is 2.40. The van der Waals surface area contributed by atoms with Crippen LogP contribution in [0.25, 0.3) is 10.2 Å². The lowest BCUT2D eigenvalue weighted by Gasteiger charge is -2.36. The zero-order valence-corrected chi connectivity index (χ0v) is 17.4. The Morgan fingerprint density at radius 1 is 0.897 bits per heavy atom. The van der Waals surface area contributed by atoms with E-state index in [0.29, 0.717) is 0 Å². The molecule has 0 aliphatic carbocycles. The number of rotatable bonds is 3. The predicted octanol–water partition coefficient (Wildman–Crippen LogP) is 2.10. The van der Waals surface area contributed by atoms with E-state index < -0.39 is 0 Å². The Hall–Kier alpha value is -2.68. The van der Waals surface area contributed by atoms with E-state index in [1.165, 1.54) is 30.6 Å². The third kappa shape index (κ3) is 3.43. The normalized spacial score (nSPS) is 17.9. The maximum Gasteiger partial charge on any atom is 0.272 e. The summed E-state index contributed by atoms with van der Waals surface area (Å²) in [4.78, 5) is 33.5.